The average molecular weight is 330 g/mol. The van der Waals surface area contributed by atoms with E-state index in [9.17, 15) is 14.4 Å². The van der Waals surface area contributed by atoms with Gasteiger partial charge >= 0.3 is 17.9 Å². The molecule has 0 heterocycles. The van der Waals surface area contributed by atoms with E-state index in [-0.39, 0.29) is 6.61 Å². The molecule has 0 aromatic heterocycles. The van der Waals surface area contributed by atoms with Crippen molar-refractivity contribution >= 4 is 17.9 Å². The zero-order chi connectivity index (χ0) is 17.5. The summed E-state index contributed by atoms with van der Waals surface area (Å²) in [5.74, 6) is -1.51. The molecule has 126 valence electrons. The maximum atomic E-state index is 12.0. The Labute approximate surface area is 139 Å². The van der Waals surface area contributed by atoms with Gasteiger partial charge in [-0.05, 0) is 18.2 Å². The fraction of sp³-hybridized carbons (Fsp3) is 0.278. The molecule has 2 rings (SSSR count). The van der Waals surface area contributed by atoms with Crippen LogP contribution in [0.25, 0.3) is 0 Å². The molecule has 6 nitrogen and oxygen atoms in total. The largest absolute Gasteiger partial charge is 0.457 e. The number of benzene rings is 1. The van der Waals surface area contributed by atoms with E-state index in [1.165, 1.54) is 13.8 Å². The number of carbonyl (C=O) groups excluding carboxylic acids is 3. The van der Waals surface area contributed by atoms with Crippen LogP contribution in [0.15, 0.2) is 54.1 Å². The number of ether oxygens (including phenoxy) is 3. The maximum Gasteiger partial charge on any atom is 0.338 e. The summed E-state index contributed by atoms with van der Waals surface area (Å²) in [5, 5.41) is 0. The third kappa shape index (κ3) is 4.81. The van der Waals surface area contributed by atoms with Crippen molar-refractivity contribution in [1.29, 1.82) is 0 Å². The zero-order valence-corrected chi connectivity index (χ0v) is 13.4. The van der Waals surface area contributed by atoms with Crippen molar-refractivity contribution in [2.24, 2.45) is 0 Å². The monoisotopic (exact) mass is 330 g/mol. The SMILES string of the molecule is CC(=O)OC1C=CC=C(COC(=O)c2ccccc2)C1OC(C)=O. The lowest BCUT2D eigenvalue weighted by atomic mass is 9.99. The van der Waals surface area contributed by atoms with Gasteiger partial charge in [-0.25, -0.2) is 4.79 Å². The predicted octanol–water partition coefficient (Wildman–Crippen LogP) is 2.20. The molecule has 0 spiro atoms. The standard InChI is InChI=1S/C18H18O6/c1-12(19)23-16-10-6-9-15(17(16)24-13(2)20)11-22-18(21)14-7-4-3-5-8-14/h3-10,16-17H,11H2,1-2H3. The topological polar surface area (TPSA) is 78.9 Å². The summed E-state index contributed by atoms with van der Waals surface area (Å²) in [6.07, 6.45) is 3.38. The van der Waals surface area contributed by atoms with Crippen molar-refractivity contribution in [2.45, 2.75) is 26.1 Å². The molecule has 0 amide bonds. The third-order valence-electron chi connectivity index (χ3n) is 3.25. The van der Waals surface area contributed by atoms with Gasteiger partial charge < -0.3 is 14.2 Å². The summed E-state index contributed by atoms with van der Waals surface area (Å²) in [7, 11) is 0. The Morgan fingerprint density at radius 2 is 1.67 bits per heavy atom. The molecule has 1 aromatic rings. The molecular weight excluding hydrogens is 312 g/mol. The summed E-state index contributed by atoms with van der Waals surface area (Å²) >= 11 is 0. The van der Waals surface area contributed by atoms with Crippen LogP contribution in [0, 0.1) is 0 Å². The molecule has 1 aliphatic rings. The van der Waals surface area contributed by atoms with Crippen LogP contribution in [0.3, 0.4) is 0 Å². The lowest BCUT2D eigenvalue weighted by Crippen LogP contribution is -2.37. The number of rotatable bonds is 5. The molecule has 2 atom stereocenters. The van der Waals surface area contributed by atoms with Gasteiger partial charge in [0.05, 0.1) is 5.56 Å². The van der Waals surface area contributed by atoms with E-state index in [0.717, 1.165) is 0 Å². The molecular formula is C18H18O6. The van der Waals surface area contributed by atoms with Gasteiger partial charge in [-0.2, -0.15) is 0 Å². The fourth-order valence-corrected chi connectivity index (χ4v) is 2.25. The molecule has 0 aliphatic heterocycles. The summed E-state index contributed by atoms with van der Waals surface area (Å²) in [6.45, 7) is 2.45. The first-order chi connectivity index (χ1) is 11.5. The second-order valence-electron chi connectivity index (χ2n) is 5.17. The fourth-order valence-electron chi connectivity index (χ4n) is 2.25. The highest BCUT2D eigenvalue weighted by Crippen LogP contribution is 2.21. The number of allylic oxidation sites excluding steroid dienone is 2. The Bertz CT molecular complexity index is 674. The Morgan fingerprint density at radius 3 is 2.29 bits per heavy atom. The summed E-state index contributed by atoms with van der Waals surface area (Å²) < 4.78 is 15.6. The Morgan fingerprint density at radius 1 is 1.00 bits per heavy atom. The molecule has 6 heteroatoms. The lowest BCUT2D eigenvalue weighted by Gasteiger charge is -2.28. The van der Waals surface area contributed by atoms with E-state index < -0.39 is 30.1 Å². The molecule has 0 radical (unpaired) electrons. The molecule has 0 N–H and O–H groups in total. The van der Waals surface area contributed by atoms with Gasteiger partial charge in [-0.15, -0.1) is 0 Å². The third-order valence-corrected chi connectivity index (χ3v) is 3.25. The second-order valence-corrected chi connectivity index (χ2v) is 5.17. The van der Waals surface area contributed by atoms with Gasteiger partial charge in [0.2, 0.25) is 0 Å². The van der Waals surface area contributed by atoms with Gasteiger partial charge in [0.1, 0.15) is 6.61 Å². The van der Waals surface area contributed by atoms with Crippen molar-refractivity contribution in [3.63, 3.8) is 0 Å². The zero-order valence-electron chi connectivity index (χ0n) is 13.4. The van der Waals surface area contributed by atoms with Crippen LogP contribution in [-0.2, 0) is 23.8 Å². The normalized spacial score (nSPS) is 19.2. The van der Waals surface area contributed by atoms with Crippen LogP contribution in [0.1, 0.15) is 24.2 Å². The highest BCUT2D eigenvalue weighted by atomic mass is 16.6. The number of hydrogen-bond donors (Lipinski definition) is 0. The molecule has 1 aromatic carbocycles. The van der Waals surface area contributed by atoms with Crippen LogP contribution >= 0.6 is 0 Å². The van der Waals surface area contributed by atoms with E-state index in [1.54, 1.807) is 48.6 Å². The van der Waals surface area contributed by atoms with Crippen LogP contribution in [0.4, 0.5) is 0 Å². The lowest BCUT2D eigenvalue weighted by molar-refractivity contribution is -0.159. The van der Waals surface area contributed by atoms with E-state index in [0.29, 0.717) is 11.1 Å². The van der Waals surface area contributed by atoms with Crippen LogP contribution in [-0.4, -0.2) is 36.7 Å². The number of hydrogen-bond acceptors (Lipinski definition) is 6. The average Bonchev–Trinajstić information content (AvgIpc) is 2.55. The molecule has 24 heavy (non-hydrogen) atoms. The van der Waals surface area contributed by atoms with Crippen molar-refractivity contribution < 1.29 is 28.6 Å². The molecule has 0 fully saturated rings. The minimum Gasteiger partial charge on any atom is -0.457 e. The molecule has 0 saturated carbocycles. The molecule has 0 saturated heterocycles. The predicted molar refractivity (Wildman–Crippen MR) is 85.1 cm³/mol. The van der Waals surface area contributed by atoms with Gasteiger partial charge in [0.15, 0.2) is 12.2 Å². The smallest absolute Gasteiger partial charge is 0.338 e. The van der Waals surface area contributed by atoms with E-state index in [4.69, 9.17) is 14.2 Å². The minimum absolute atomic E-state index is 0.0756. The number of esters is 3. The van der Waals surface area contributed by atoms with Crippen molar-refractivity contribution in [1.82, 2.24) is 0 Å². The first kappa shape index (κ1) is 17.5. The first-order valence-electron chi connectivity index (χ1n) is 7.41. The molecule has 0 bridgehead atoms. The van der Waals surface area contributed by atoms with E-state index in [1.807, 2.05) is 0 Å². The Kier molecular flexibility index (Phi) is 5.89. The Hall–Kier alpha value is -2.89. The summed E-state index contributed by atoms with van der Waals surface area (Å²) in [4.78, 5) is 34.5. The highest BCUT2D eigenvalue weighted by Gasteiger charge is 2.31. The minimum atomic E-state index is -0.819. The van der Waals surface area contributed by atoms with Crippen LogP contribution in [0.2, 0.25) is 0 Å². The number of carbonyl (C=O) groups is 3. The second kappa shape index (κ2) is 8.10. The first-order valence-corrected chi connectivity index (χ1v) is 7.41. The summed E-state index contributed by atoms with van der Waals surface area (Å²) in [5.41, 5.74) is 0.952. The Balaban J connectivity index is 2.07. The van der Waals surface area contributed by atoms with Gasteiger partial charge in [0, 0.05) is 19.4 Å². The van der Waals surface area contributed by atoms with E-state index in [2.05, 4.69) is 0 Å². The molecule has 2 unspecified atom stereocenters. The van der Waals surface area contributed by atoms with Gasteiger partial charge in [-0.3, -0.25) is 9.59 Å². The maximum absolute atomic E-state index is 12.0. The van der Waals surface area contributed by atoms with Crippen LogP contribution in [0.5, 0.6) is 0 Å². The van der Waals surface area contributed by atoms with E-state index >= 15 is 0 Å². The quantitative estimate of drug-likeness (QED) is 0.608. The van der Waals surface area contributed by atoms with Crippen molar-refractivity contribution in [3.8, 4) is 0 Å². The van der Waals surface area contributed by atoms with Gasteiger partial charge in [-0.1, -0.05) is 30.4 Å². The van der Waals surface area contributed by atoms with Gasteiger partial charge in [0.25, 0.3) is 0 Å². The van der Waals surface area contributed by atoms with Crippen molar-refractivity contribution in [3.05, 3.63) is 59.7 Å². The molecule has 1 aliphatic carbocycles. The summed E-state index contributed by atoms with van der Waals surface area (Å²) in [6, 6.07) is 8.55. The van der Waals surface area contributed by atoms with Crippen molar-refractivity contribution in [2.75, 3.05) is 6.61 Å². The van der Waals surface area contributed by atoms with Crippen LogP contribution < -0.4 is 0 Å². The highest BCUT2D eigenvalue weighted by molar-refractivity contribution is 5.89.